The van der Waals surface area contributed by atoms with Crippen molar-refractivity contribution in [3.8, 4) is 23.0 Å². The van der Waals surface area contributed by atoms with Gasteiger partial charge in [0.15, 0.2) is 23.0 Å². The van der Waals surface area contributed by atoms with Crippen molar-refractivity contribution in [2.75, 3.05) is 26.9 Å². The lowest BCUT2D eigenvalue weighted by Crippen LogP contribution is -2.53. The van der Waals surface area contributed by atoms with E-state index in [1.807, 2.05) is 20.8 Å². The zero-order valence-corrected chi connectivity index (χ0v) is 23.5. The molecule has 37 heavy (non-hydrogen) atoms. The fraction of sp³-hybridized carbons (Fsp3) is 0.370. The quantitative estimate of drug-likeness (QED) is 0.203. The number of carbonyl (C=O) groups is 3. The molecule has 1 aliphatic rings. The molecule has 0 aliphatic carbocycles. The first-order valence-corrected chi connectivity index (χ1v) is 13.2. The second-order valence-corrected chi connectivity index (χ2v) is 9.32. The van der Waals surface area contributed by atoms with Crippen molar-refractivity contribution in [1.82, 2.24) is 10.2 Å². The van der Waals surface area contributed by atoms with Crippen molar-refractivity contribution in [1.29, 1.82) is 0 Å². The summed E-state index contributed by atoms with van der Waals surface area (Å²) >= 11 is 2.12. The van der Waals surface area contributed by atoms with Gasteiger partial charge >= 0.3 is 6.03 Å². The summed E-state index contributed by atoms with van der Waals surface area (Å²) in [6.45, 7) is 7.33. The predicted octanol–water partition coefficient (Wildman–Crippen LogP) is 4.94. The van der Waals surface area contributed by atoms with Crippen LogP contribution < -0.4 is 24.3 Å². The number of halogens is 1. The van der Waals surface area contributed by atoms with E-state index in [9.17, 15) is 14.4 Å². The number of amides is 4. The highest BCUT2D eigenvalue weighted by atomic mass is 127. The smallest absolute Gasteiger partial charge is 0.331 e. The molecule has 0 bridgehead atoms. The highest BCUT2D eigenvalue weighted by Crippen LogP contribution is 2.35. The van der Waals surface area contributed by atoms with Crippen LogP contribution in [0.2, 0.25) is 0 Å². The third kappa shape index (κ3) is 6.94. The van der Waals surface area contributed by atoms with Gasteiger partial charge in [0.2, 0.25) is 0 Å². The van der Waals surface area contributed by atoms with Gasteiger partial charge in [0.25, 0.3) is 11.8 Å². The lowest BCUT2D eigenvalue weighted by atomic mass is 10.1. The average molecular weight is 622 g/mol. The van der Waals surface area contributed by atoms with Gasteiger partial charge < -0.3 is 18.9 Å². The van der Waals surface area contributed by atoms with E-state index in [0.717, 1.165) is 21.3 Å². The number of barbiturate groups is 1. The predicted molar refractivity (Wildman–Crippen MR) is 147 cm³/mol. The zero-order chi connectivity index (χ0) is 26.9. The Hall–Kier alpha value is -3.28. The van der Waals surface area contributed by atoms with E-state index in [1.165, 1.54) is 13.2 Å². The van der Waals surface area contributed by atoms with Crippen molar-refractivity contribution in [2.24, 2.45) is 0 Å². The summed E-state index contributed by atoms with van der Waals surface area (Å²) < 4.78 is 23.4. The molecule has 0 radical (unpaired) electrons. The van der Waals surface area contributed by atoms with Gasteiger partial charge in [-0.15, -0.1) is 0 Å². The highest BCUT2D eigenvalue weighted by Gasteiger charge is 2.36. The first-order valence-electron chi connectivity index (χ1n) is 12.1. The summed E-state index contributed by atoms with van der Waals surface area (Å²) in [5, 5.41) is 2.26. The number of methoxy groups -OCH3 is 1. The van der Waals surface area contributed by atoms with Gasteiger partial charge in [0.1, 0.15) is 5.57 Å². The van der Waals surface area contributed by atoms with Crippen molar-refractivity contribution < 1.29 is 33.3 Å². The second kappa shape index (κ2) is 13.3. The standard InChI is InChI=1S/C27H31IN2O7/c1-5-10-36-21-9-8-17(14-22(21)35-7-3)16-30-26(32)19(25(31)29-27(30)33)12-18-13-20(28)24(37-11-6-2)23(15-18)34-4/h8-9,12-15H,5-7,10-11,16H2,1-4H3,(H,29,31,33)/b19-12+. The van der Waals surface area contributed by atoms with E-state index in [2.05, 4.69) is 27.9 Å². The number of benzene rings is 2. The highest BCUT2D eigenvalue weighted by molar-refractivity contribution is 14.1. The van der Waals surface area contributed by atoms with Crippen LogP contribution in [0.25, 0.3) is 6.08 Å². The summed E-state index contributed by atoms with van der Waals surface area (Å²) in [5.74, 6) is 0.741. The van der Waals surface area contributed by atoms with Crippen molar-refractivity contribution in [3.05, 3.63) is 50.6 Å². The number of nitrogens with zero attached hydrogens (tertiary/aromatic N) is 1. The number of imide groups is 2. The van der Waals surface area contributed by atoms with Gasteiger partial charge in [-0.05, 0) is 83.8 Å². The van der Waals surface area contributed by atoms with E-state index in [4.69, 9.17) is 18.9 Å². The summed E-state index contributed by atoms with van der Waals surface area (Å²) in [4.78, 5) is 39.5. The van der Waals surface area contributed by atoms with Crippen LogP contribution in [0.15, 0.2) is 35.9 Å². The van der Waals surface area contributed by atoms with E-state index >= 15 is 0 Å². The van der Waals surface area contributed by atoms with Crippen LogP contribution in [0.1, 0.15) is 44.7 Å². The van der Waals surface area contributed by atoms with Crippen LogP contribution >= 0.6 is 22.6 Å². The maximum absolute atomic E-state index is 13.3. The molecule has 1 fully saturated rings. The monoisotopic (exact) mass is 622 g/mol. The number of rotatable bonds is 12. The Morgan fingerprint density at radius 2 is 1.65 bits per heavy atom. The fourth-order valence-electron chi connectivity index (χ4n) is 3.60. The number of urea groups is 1. The number of ether oxygens (including phenoxy) is 4. The number of nitrogens with one attached hydrogen (secondary N) is 1. The molecule has 0 saturated carbocycles. The van der Waals surface area contributed by atoms with Gasteiger partial charge in [-0.3, -0.25) is 19.8 Å². The van der Waals surface area contributed by atoms with Crippen LogP contribution in [0.3, 0.4) is 0 Å². The van der Waals surface area contributed by atoms with E-state index in [0.29, 0.717) is 53.9 Å². The molecule has 198 valence electrons. The first kappa shape index (κ1) is 28.3. The van der Waals surface area contributed by atoms with E-state index < -0.39 is 17.8 Å². The molecule has 2 aromatic carbocycles. The average Bonchev–Trinajstić information content (AvgIpc) is 2.87. The summed E-state index contributed by atoms with van der Waals surface area (Å²) in [5.41, 5.74) is 1.06. The molecule has 0 unspecified atom stereocenters. The van der Waals surface area contributed by atoms with Gasteiger partial charge in [-0.1, -0.05) is 19.9 Å². The van der Waals surface area contributed by atoms with Crippen LogP contribution in [-0.2, 0) is 16.1 Å². The lowest BCUT2D eigenvalue weighted by Gasteiger charge is -2.26. The molecule has 0 atom stereocenters. The molecular formula is C27H31IN2O7. The van der Waals surface area contributed by atoms with Crippen LogP contribution in [0.5, 0.6) is 23.0 Å². The Morgan fingerprint density at radius 3 is 2.32 bits per heavy atom. The third-order valence-electron chi connectivity index (χ3n) is 5.31. The number of hydrogen-bond donors (Lipinski definition) is 1. The maximum atomic E-state index is 13.3. The van der Waals surface area contributed by atoms with Gasteiger partial charge in [-0.25, -0.2) is 4.79 Å². The molecule has 1 N–H and O–H groups in total. The van der Waals surface area contributed by atoms with Crippen LogP contribution in [0.4, 0.5) is 4.79 Å². The van der Waals surface area contributed by atoms with Crippen LogP contribution in [0, 0.1) is 3.57 Å². The molecule has 4 amide bonds. The number of hydrogen-bond acceptors (Lipinski definition) is 7. The Kier molecular flexibility index (Phi) is 10.2. The maximum Gasteiger partial charge on any atom is 0.331 e. The molecule has 1 heterocycles. The van der Waals surface area contributed by atoms with Gasteiger partial charge in [0, 0.05) is 0 Å². The summed E-state index contributed by atoms with van der Waals surface area (Å²) in [6.07, 6.45) is 3.13. The first-order chi connectivity index (χ1) is 17.8. The Labute approximate surface area is 230 Å². The summed E-state index contributed by atoms with van der Waals surface area (Å²) in [7, 11) is 1.52. The van der Waals surface area contributed by atoms with E-state index in [-0.39, 0.29) is 12.1 Å². The zero-order valence-electron chi connectivity index (χ0n) is 21.4. The topological polar surface area (TPSA) is 103 Å². The lowest BCUT2D eigenvalue weighted by molar-refractivity contribution is -0.130. The molecule has 1 saturated heterocycles. The van der Waals surface area contributed by atoms with Gasteiger partial charge in [0.05, 0.1) is 37.0 Å². The molecule has 0 spiro atoms. The molecule has 3 rings (SSSR count). The normalized spacial score (nSPS) is 14.6. The molecule has 10 heteroatoms. The second-order valence-electron chi connectivity index (χ2n) is 8.15. The number of carbonyl (C=O) groups excluding carboxylic acids is 3. The largest absolute Gasteiger partial charge is 0.493 e. The van der Waals surface area contributed by atoms with E-state index in [1.54, 1.807) is 30.3 Å². The van der Waals surface area contributed by atoms with Gasteiger partial charge in [-0.2, -0.15) is 0 Å². The van der Waals surface area contributed by atoms with Crippen molar-refractivity contribution >= 4 is 46.5 Å². The molecule has 2 aromatic rings. The van der Waals surface area contributed by atoms with Crippen molar-refractivity contribution in [3.63, 3.8) is 0 Å². The SMILES string of the molecule is CCCOc1ccc(CN2C(=O)NC(=O)/C(=C\c3cc(I)c(OCCC)c(OC)c3)C2=O)cc1OCC. The Bertz CT molecular complexity index is 1200. The van der Waals surface area contributed by atoms with Crippen LogP contribution in [-0.4, -0.2) is 49.7 Å². The minimum atomic E-state index is -0.785. The molecular weight excluding hydrogens is 591 g/mol. The third-order valence-corrected chi connectivity index (χ3v) is 6.11. The fourth-order valence-corrected chi connectivity index (χ4v) is 4.39. The molecule has 9 nitrogen and oxygen atoms in total. The Morgan fingerprint density at radius 1 is 0.919 bits per heavy atom. The molecule has 1 aliphatic heterocycles. The summed E-state index contributed by atoms with van der Waals surface area (Å²) in [6, 6.07) is 7.93. The van der Waals surface area contributed by atoms with Crippen molar-refractivity contribution in [2.45, 2.75) is 40.2 Å². The Balaban J connectivity index is 1.89. The minimum Gasteiger partial charge on any atom is -0.493 e. The molecule has 0 aromatic heterocycles. The minimum absolute atomic E-state index is 0.0475.